The van der Waals surface area contributed by atoms with Crippen molar-refractivity contribution in [3.8, 4) is 0 Å². The molecule has 2 amide bonds. The van der Waals surface area contributed by atoms with Crippen molar-refractivity contribution in [2.24, 2.45) is 0 Å². The van der Waals surface area contributed by atoms with E-state index in [2.05, 4.69) is 0 Å². The second-order valence-electron chi connectivity index (χ2n) is 7.28. The van der Waals surface area contributed by atoms with E-state index in [9.17, 15) is 14.7 Å². The van der Waals surface area contributed by atoms with Crippen LogP contribution in [0.1, 0.15) is 16.7 Å². The van der Waals surface area contributed by atoms with Crippen LogP contribution in [0.2, 0.25) is 0 Å². The molecule has 1 atom stereocenters. The highest BCUT2D eigenvalue weighted by atomic mass is 16.3. The van der Waals surface area contributed by atoms with Crippen LogP contribution in [-0.4, -0.2) is 30.5 Å². The number of nitrogens with zero attached hydrogens (tertiary/aromatic N) is 2. The lowest BCUT2D eigenvalue weighted by Gasteiger charge is -2.25. The third-order valence-corrected chi connectivity index (χ3v) is 5.39. The van der Waals surface area contributed by atoms with E-state index in [0.29, 0.717) is 16.8 Å². The van der Waals surface area contributed by atoms with E-state index in [-0.39, 0.29) is 12.5 Å². The molecule has 3 aromatic carbocycles. The van der Waals surface area contributed by atoms with Gasteiger partial charge >= 0.3 is 0 Å². The predicted octanol–water partition coefficient (Wildman–Crippen LogP) is 3.24. The molecule has 1 N–H and O–H groups in total. The molecule has 3 aromatic rings. The number of fused-ring (bicyclic) bond motifs is 1. The Balaban J connectivity index is 1.68. The fourth-order valence-corrected chi connectivity index (χ4v) is 3.77. The van der Waals surface area contributed by atoms with Gasteiger partial charge in [0.2, 0.25) is 5.91 Å². The highest BCUT2D eigenvalue weighted by Crippen LogP contribution is 2.44. The summed E-state index contributed by atoms with van der Waals surface area (Å²) in [5.41, 5.74) is 1.52. The molecule has 0 radical (unpaired) electrons. The van der Waals surface area contributed by atoms with Crippen LogP contribution in [0, 0.1) is 6.92 Å². The number of hydrogen-bond donors (Lipinski definition) is 1. The molecule has 4 rings (SSSR count). The molecule has 0 bridgehead atoms. The first-order chi connectivity index (χ1) is 13.9. The summed E-state index contributed by atoms with van der Waals surface area (Å²) in [5, 5.41) is 11.4. The number of carbonyl (C=O) groups excluding carboxylic acids is 2. The average Bonchev–Trinajstić information content (AvgIpc) is 2.97. The van der Waals surface area contributed by atoms with Gasteiger partial charge in [-0.1, -0.05) is 60.7 Å². The predicted molar refractivity (Wildman–Crippen MR) is 113 cm³/mol. The summed E-state index contributed by atoms with van der Waals surface area (Å²) in [7, 11) is 1.69. The molecule has 0 saturated heterocycles. The van der Waals surface area contributed by atoms with Crippen LogP contribution in [0.3, 0.4) is 0 Å². The molecule has 1 aliphatic heterocycles. The van der Waals surface area contributed by atoms with Crippen LogP contribution >= 0.6 is 0 Å². The van der Waals surface area contributed by atoms with E-state index in [1.165, 1.54) is 9.80 Å². The van der Waals surface area contributed by atoms with Crippen LogP contribution in [0.15, 0.2) is 78.9 Å². The van der Waals surface area contributed by atoms with Gasteiger partial charge in [0.1, 0.15) is 6.54 Å². The first kappa shape index (κ1) is 18.9. The van der Waals surface area contributed by atoms with Gasteiger partial charge in [-0.2, -0.15) is 0 Å². The first-order valence-corrected chi connectivity index (χ1v) is 9.45. The lowest BCUT2D eigenvalue weighted by molar-refractivity contribution is -0.133. The molecule has 0 aliphatic carbocycles. The molecule has 5 heteroatoms. The standard InChI is InChI=1S/C24H22N2O3/c1-17-9-8-12-19(15-17)25(2)22(27)16-26-21-14-7-6-13-20(21)24(29,23(26)28)18-10-4-3-5-11-18/h3-15,29H,16H2,1-2H3/t24-/m0/s1. The maximum atomic E-state index is 13.3. The quantitative estimate of drug-likeness (QED) is 0.749. The smallest absolute Gasteiger partial charge is 0.268 e. The second kappa shape index (κ2) is 7.18. The molecular formula is C24H22N2O3. The summed E-state index contributed by atoms with van der Waals surface area (Å²) in [5.74, 6) is -0.757. The molecule has 0 unspecified atom stereocenters. The minimum absolute atomic E-state index is 0.157. The van der Waals surface area contributed by atoms with Crippen molar-refractivity contribution in [1.29, 1.82) is 0 Å². The Morgan fingerprint density at radius 1 is 1.00 bits per heavy atom. The summed E-state index contributed by atoms with van der Waals surface area (Å²) in [6.07, 6.45) is 0. The maximum absolute atomic E-state index is 13.3. The molecule has 146 valence electrons. The van der Waals surface area contributed by atoms with Crippen molar-refractivity contribution in [2.45, 2.75) is 12.5 Å². The van der Waals surface area contributed by atoms with Crippen molar-refractivity contribution >= 4 is 23.2 Å². The van der Waals surface area contributed by atoms with Crippen LogP contribution in [0.5, 0.6) is 0 Å². The third-order valence-electron chi connectivity index (χ3n) is 5.39. The van der Waals surface area contributed by atoms with Gasteiger partial charge in [-0.25, -0.2) is 0 Å². The SMILES string of the molecule is Cc1cccc(N(C)C(=O)CN2C(=O)[C@](O)(c3ccccc3)c3ccccc32)c1. The van der Waals surface area contributed by atoms with Gasteiger partial charge in [-0.15, -0.1) is 0 Å². The summed E-state index contributed by atoms with van der Waals surface area (Å²) >= 11 is 0. The van der Waals surface area contributed by atoms with Gasteiger partial charge in [-0.05, 0) is 36.2 Å². The molecule has 0 aromatic heterocycles. The second-order valence-corrected chi connectivity index (χ2v) is 7.28. The van der Waals surface area contributed by atoms with E-state index in [1.807, 2.05) is 37.3 Å². The Hall–Kier alpha value is -3.44. The Morgan fingerprint density at radius 2 is 1.69 bits per heavy atom. The van der Waals surface area contributed by atoms with Gasteiger partial charge in [0.15, 0.2) is 5.60 Å². The molecule has 0 spiro atoms. The fourth-order valence-electron chi connectivity index (χ4n) is 3.77. The van der Waals surface area contributed by atoms with Gasteiger partial charge in [0.25, 0.3) is 5.91 Å². The Bertz CT molecular complexity index is 1080. The minimum Gasteiger partial charge on any atom is -0.372 e. The Labute approximate surface area is 169 Å². The van der Waals surface area contributed by atoms with Crippen LogP contribution in [-0.2, 0) is 15.2 Å². The number of rotatable bonds is 4. The van der Waals surface area contributed by atoms with E-state index in [4.69, 9.17) is 0 Å². The highest BCUT2D eigenvalue weighted by molar-refractivity contribution is 6.12. The maximum Gasteiger partial charge on any atom is 0.268 e. The average molecular weight is 386 g/mol. The lowest BCUT2D eigenvalue weighted by atomic mass is 9.88. The zero-order chi connectivity index (χ0) is 20.6. The molecule has 29 heavy (non-hydrogen) atoms. The van der Waals surface area contributed by atoms with E-state index in [0.717, 1.165) is 11.3 Å². The van der Waals surface area contributed by atoms with Crippen LogP contribution < -0.4 is 9.80 Å². The molecule has 0 saturated carbocycles. The molecule has 0 fully saturated rings. The van der Waals surface area contributed by atoms with Gasteiger partial charge in [0, 0.05) is 18.3 Å². The number of carbonyl (C=O) groups is 2. The van der Waals surface area contributed by atoms with E-state index < -0.39 is 11.5 Å². The normalized spacial score (nSPS) is 17.9. The van der Waals surface area contributed by atoms with Crippen LogP contribution in [0.4, 0.5) is 11.4 Å². The molecule has 1 heterocycles. The number of aryl methyl sites for hydroxylation is 1. The number of benzene rings is 3. The zero-order valence-corrected chi connectivity index (χ0v) is 16.4. The van der Waals surface area contributed by atoms with E-state index >= 15 is 0 Å². The van der Waals surface area contributed by atoms with E-state index in [1.54, 1.807) is 55.6 Å². The van der Waals surface area contributed by atoms with Crippen molar-refractivity contribution in [3.05, 3.63) is 95.6 Å². The highest BCUT2D eigenvalue weighted by Gasteiger charge is 2.51. The molecule has 5 nitrogen and oxygen atoms in total. The largest absolute Gasteiger partial charge is 0.372 e. The summed E-state index contributed by atoms with van der Waals surface area (Å²) in [6.45, 7) is 1.80. The minimum atomic E-state index is -1.81. The summed E-state index contributed by atoms with van der Waals surface area (Å²) < 4.78 is 0. The number of amides is 2. The topological polar surface area (TPSA) is 60.9 Å². The molecular weight excluding hydrogens is 364 g/mol. The lowest BCUT2D eigenvalue weighted by Crippen LogP contribution is -2.45. The Kier molecular flexibility index (Phi) is 4.68. The van der Waals surface area contributed by atoms with Crippen molar-refractivity contribution in [3.63, 3.8) is 0 Å². The third kappa shape index (κ3) is 3.09. The first-order valence-electron chi connectivity index (χ1n) is 9.45. The number of likely N-dealkylation sites (N-methyl/N-ethyl adjacent to an activating group) is 1. The van der Waals surface area contributed by atoms with Gasteiger partial charge < -0.3 is 10.0 Å². The Morgan fingerprint density at radius 3 is 2.41 bits per heavy atom. The summed E-state index contributed by atoms with van der Waals surface area (Å²) in [4.78, 5) is 29.2. The number of aliphatic hydroxyl groups is 1. The monoisotopic (exact) mass is 386 g/mol. The van der Waals surface area contributed by atoms with Crippen molar-refractivity contribution in [2.75, 3.05) is 23.4 Å². The fraction of sp³-hybridized carbons (Fsp3) is 0.167. The number of hydrogen-bond acceptors (Lipinski definition) is 3. The van der Waals surface area contributed by atoms with Crippen molar-refractivity contribution in [1.82, 2.24) is 0 Å². The van der Waals surface area contributed by atoms with Crippen molar-refractivity contribution < 1.29 is 14.7 Å². The number of anilines is 2. The van der Waals surface area contributed by atoms with Gasteiger partial charge in [-0.3, -0.25) is 14.5 Å². The number of para-hydroxylation sites is 1. The molecule has 1 aliphatic rings. The van der Waals surface area contributed by atoms with Gasteiger partial charge in [0.05, 0.1) is 5.69 Å². The summed E-state index contributed by atoms with van der Waals surface area (Å²) in [6, 6.07) is 23.5. The van der Waals surface area contributed by atoms with Crippen LogP contribution in [0.25, 0.3) is 0 Å². The zero-order valence-electron chi connectivity index (χ0n) is 16.4.